The van der Waals surface area contributed by atoms with Crippen LogP contribution in [0.4, 0.5) is 0 Å². The van der Waals surface area contributed by atoms with Crippen LogP contribution in [0.2, 0.25) is 5.02 Å². The number of esters is 1. The number of halogens is 1. The molecule has 0 saturated carbocycles. The first-order chi connectivity index (χ1) is 11.6. The summed E-state index contributed by atoms with van der Waals surface area (Å²) < 4.78 is 16.8. The van der Waals surface area contributed by atoms with Gasteiger partial charge < -0.3 is 14.2 Å². The molecule has 7 heteroatoms. The summed E-state index contributed by atoms with van der Waals surface area (Å²) in [6.45, 7) is 0.269. The average molecular weight is 364 g/mol. The first-order valence-corrected chi connectivity index (χ1v) is 8.37. The summed E-state index contributed by atoms with van der Waals surface area (Å²) in [6, 6.07) is 12.7. The average Bonchev–Trinajstić information content (AvgIpc) is 2.97. The van der Waals surface area contributed by atoms with Crippen LogP contribution in [0.1, 0.15) is 6.42 Å². The molecule has 2 aromatic carbocycles. The summed E-state index contributed by atoms with van der Waals surface area (Å²) in [7, 11) is 1.35. The lowest BCUT2D eigenvalue weighted by atomic mass is 10.3. The third-order valence-corrected chi connectivity index (χ3v) is 4.31. The number of rotatable bonds is 6. The van der Waals surface area contributed by atoms with Crippen molar-refractivity contribution in [3.63, 3.8) is 0 Å². The van der Waals surface area contributed by atoms with Gasteiger partial charge in [-0.2, -0.15) is 0 Å². The molecule has 0 spiro atoms. The molecular weight excluding hydrogens is 350 g/mol. The lowest BCUT2D eigenvalue weighted by Crippen LogP contribution is -2.07. The summed E-state index contributed by atoms with van der Waals surface area (Å²) in [5.41, 5.74) is 0.810. The molecule has 0 radical (unpaired) electrons. The van der Waals surface area contributed by atoms with Crippen molar-refractivity contribution < 1.29 is 19.0 Å². The predicted molar refractivity (Wildman–Crippen MR) is 93.3 cm³/mol. The fourth-order valence-corrected chi connectivity index (χ4v) is 2.96. The molecule has 0 unspecified atom stereocenters. The maximum Gasteiger partial charge on any atom is 0.308 e. The number of carbonyl (C=O) groups excluding carboxylic acids is 1. The molecular formula is C17H14ClNO4S. The molecule has 0 N–H and O–H groups in total. The quantitative estimate of drug-likeness (QED) is 0.595. The van der Waals surface area contributed by atoms with E-state index in [2.05, 4.69) is 9.72 Å². The monoisotopic (exact) mass is 363 g/mol. The van der Waals surface area contributed by atoms with E-state index in [1.807, 2.05) is 12.1 Å². The molecule has 24 heavy (non-hydrogen) atoms. The van der Waals surface area contributed by atoms with Gasteiger partial charge in [0.1, 0.15) is 11.5 Å². The van der Waals surface area contributed by atoms with Crippen molar-refractivity contribution >= 4 is 39.1 Å². The summed E-state index contributed by atoms with van der Waals surface area (Å²) >= 11 is 7.41. The van der Waals surface area contributed by atoms with E-state index in [0.717, 1.165) is 10.2 Å². The van der Waals surface area contributed by atoms with Gasteiger partial charge in [-0.1, -0.05) is 22.9 Å². The number of nitrogens with zero attached hydrogens (tertiary/aromatic N) is 1. The molecule has 3 rings (SSSR count). The fourth-order valence-electron chi connectivity index (χ4n) is 1.98. The molecule has 124 valence electrons. The van der Waals surface area contributed by atoms with Gasteiger partial charge in [0.2, 0.25) is 0 Å². The maximum atomic E-state index is 11.0. The Morgan fingerprint density at radius 2 is 1.92 bits per heavy atom. The molecule has 0 amide bonds. The minimum absolute atomic E-state index is 0.211. The van der Waals surface area contributed by atoms with Crippen LogP contribution in [0, 0.1) is 0 Å². The minimum Gasteiger partial charge on any atom is -0.493 e. The predicted octanol–water partition coefficient (Wildman–Crippen LogP) is 4.68. The molecule has 0 saturated heterocycles. The molecule has 1 aromatic heterocycles. The molecule has 0 fully saturated rings. The van der Waals surface area contributed by atoms with Crippen molar-refractivity contribution in [2.75, 3.05) is 13.7 Å². The number of ether oxygens (including phenoxy) is 3. The van der Waals surface area contributed by atoms with Gasteiger partial charge in [-0.05, 0) is 42.5 Å². The summed E-state index contributed by atoms with van der Waals surface area (Å²) in [5.74, 6) is 1.01. The van der Waals surface area contributed by atoms with Crippen LogP contribution in [-0.2, 0) is 9.53 Å². The second kappa shape index (κ2) is 7.51. The van der Waals surface area contributed by atoms with Crippen LogP contribution in [0.3, 0.4) is 0 Å². The summed E-state index contributed by atoms with van der Waals surface area (Å²) in [5, 5.41) is 1.19. The SMILES string of the molecule is COC(=O)CCOc1ccc(Oc2nc3cc(Cl)ccc3s2)cc1. The molecule has 0 bridgehead atoms. The van der Waals surface area contributed by atoms with Gasteiger partial charge in [0.05, 0.1) is 30.4 Å². The van der Waals surface area contributed by atoms with Crippen molar-refractivity contribution in [1.29, 1.82) is 0 Å². The maximum absolute atomic E-state index is 11.0. The zero-order valence-electron chi connectivity index (χ0n) is 12.8. The van der Waals surface area contributed by atoms with Gasteiger partial charge in [0, 0.05) is 5.02 Å². The van der Waals surface area contributed by atoms with Crippen LogP contribution in [0.5, 0.6) is 16.7 Å². The van der Waals surface area contributed by atoms with E-state index in [-0.39, 0.29) is 19.0 Å². The number of thiazole rings is 1. The third-order valence-electron chi connectivity index (χ3n) is 3.16. The number of fused-ring (bicyclic) bond motifs is 1. The molecule has 0 aliphatic carbocycles. The van der Waals surface area contributed by atoms with E-state index < -0.39 is 0 Å². The third kappa shape index (κ3) is 4.15. The van der Waals surface area contributed by atoms with Gasteiger partial charge >= 0.3 is 5.97 Å². The Kier molecular flexibility index (Phi) is 5.17. The lowest BCUT2D eigenvalue weighted by Gasteiger charge is -2.06. The van der Waals surface area contributed by atoms with Crippen LogP contribution in [0.15, 0.2) is 42.5 Å². The zero-order chi connectivity index (χ0) is 16.9. The number of aromatic nitrogens is 1. The van der Waals surface area contributed by atoms with Gasteiger partial charge in [0.15, 0.2) is 0 Å². The van der Waals surface area contributed by atoms with Crippen LogP contribution in [0.25, 0.3) is 10.2 Å². The second-order valence-corrected chi connectivity index (χ2v) is 6.27. The highest BCUT2D eigenvalue weighted by Crippen LogP contribution is 2.33. The smallest absolute Gasteiger partial charge is 0.308 e. The fraction of sp³-hybridized carbons (Fsp3) is 0.176. The van der Waals surface area contributed by atoms with Crippen molar-refractivity contribution in [2.24, 2.45) is 0 Å². The Morgan fingerprint density at radius 3 is 2.67 bits per heavy atom. The lowest BCUT2D eigenvalue weighted by molar-refractivity contribution is -0.141. The van der Waals surface area contributed by atoms with Crippen LogP contribution >= 0.6 is 22.9 Å². The largest absolute Gasteiger partial charge is 0.493 e. The van der Waals surface area contributed by atoms with E-state index in [4.69, 9.17) is 21.1 Å². The van der Waals surface area contributed by atoms with Crippen LogP contribution < -0.4 is 9.47 Å². The van der Waals surface area contributed by atoms with Crippen molar-refractivity contribution in [3.05, 3.63) is 47.5 Å². The van der Waals surface area contributed by atoms with Crippen molar-refractivity contribution in [3.8, 4) is 16.7 Å². The Balaban J connectivity index is 1.61. The molecule has 5 nitrogen and oxygen atoms in total. The number of hydrogen-bond donors (Lipinski definition) is 0. The van der Waals surface area contributed by atoms with E-state index in [0.29, 0.717) is 21.7 Å². The first kappa shape index (κ1) is 16.5. The van der Waals surface area contributed by atoms with Gasteiger partial charge in [0.25, 0.3) is 5.19 Å². The summed E-state index contributed by atoms with van der Waals surface area (Å²) in [4.78, 5) is 15.4. The Hall–Kier alpha value is -2.31. The van der Waals surface area contributed by atoms with Gasteiger partial charge in [-0.15, -0.1) is 0 Å². The second-order valence-electron chi connectivity index (χ2n) is 4.84. The van der Waals surface area contributed by atoms with E-state index in [9.17, 15) is 4.79 Å². The zero-order valence-corrected chi connectivity index (χ0v) is 14.4. The van der Waals surface area contributed by atoms with Crippen molar-refractivity contribution in [2.45, 2.75) is 6.42 Å². The Morgan fingerprint density at radius 1 is 1.17 bits per heavy atom. The molecule has 0 atom stereocenters. The topological polar surface area (TPSA) is 57.7 Å². The van der Waals surface area contributed by atoms with Crippen LogP contribution in [-0.4, -0.2) is 24.7 Å². The molecule has 1 heterocycles. The number of carbonyl (C=O) groups is 1. The highest BCUT2D eigenvalue weighted by atomic mass is 35.5. The minimum atomic E-state index is -0.300. The molecule has 3 aromatic rings. The van der Waals surface area contributed by atoms with Gasteiger partial charge in [-0.25, -0.2) is 4.98 Å². The highest BCUT2D eigenvalue weighted by molar-refractivity contribution is 7.20. The first-order valence-electron chi connectivity index (χ1n) is 7.17. The normalized spacial score (nSPS) is 10.6. The number of benzene rings is 2. The Labute approximate surface area is 147 Å². The Bertz CT molecular complexity index is 847. The van der Waals surface area contributed by atoms with E-state index in [1.54, 1.807) is 30.3 Å². The van der Waals surface area contributed by atoms with E-state index in [1.165, 1.54) is 18.4 Å². The summed E-state index contributed by atoms with van der Waals surface area (Å²) in [6.07, 6.45) is 0.211. The molecule has 0 aliphatic heterocycles. The van der Waals surface area contributed by atoms with E-state index >= 15 is 0 Å². The van der Waals surface area contributed by atoms with Crippen molar-refractivity contribution in [1.82, 2.24) is 4.98 Å². The molecule has 0 aliphatic rings. The highest BCUT2D eigenvalue weighted by Gasteiger charge is 2.07. The number of methoxy groups -OCH3 is 1. The number of hydrogen-bond acceptors (Lipinski definition) is 6. The van der Waals surface area contributed by atoms with Gasteiger partial charge in [-0.3, -0.25) is 4.79 Å². The standard InChI is InChI=1S/C17H14ClNO4S/c1-21-16(20)8-9-22-12-3-5-13(6-4-12)23-17-19-14-10-11(18)2-7-15(14)24-17/h2-7,10H,8-9H2,1H3.